The van der Waals surface area contributed by atoms with E-state index in [-0.39, 0.29) is 15.7 Å². The molecule has 0 unspecified atom stereocenters. The van der Waals surface area contributed by atoms with E-state index < -0.39 is 0 Å². The van der Waals surface area contributed by atoms with E-state index in [2.05, 4.69) is 5.18 Å². The second-order valence-electron chi connectivity index (χ2n) is 1.79. The second-order valence-corrected chi connectivity index (χ2v) is 2.95. The Hall–Kier alpha value is -0.310. The fourth-order valence-electron chi connectivity index (χ4n) is 0.586. The van der Waals surface area contributed by atoms with Gasteiger partial charge in [0.2, 0.25) is 0 Å². The quantitative estimate of drug-likeness (QED) is 0.508. The van der Waals surface area contributed by atoms with Crippen molar-refractivity contribution in [2.45, 2.75) is 0 Å². The molecule has 0 saturated heterocycles. The Morgan fingerprint density at radius 2 is 1.73 bits per heavy atom. The van der Waals surface area contributed by atoms with Gasteiger partial charge in [0.1, 0.15) is 5.69 Å². The molecule has 58 valence electrons. The summed E-state index contributed by atoms with van der Waals surface area (Å²) in [6, 6.07) is 2.87. The predicted octanol–water partition coefficient (Wildman–Crippen LogP) is 4.04. The van der Waals surface area contributed by atoms with Crippen LogP contribution in [-0.2, 0) is 0 Å². The van der Waals surface area contributed by atoms with Gasteiger partial charge in [-0.05, 0) is 17.3 Å². The van der Waals surface area contributed by atoms with Crippen LogP contribution in [0.2, 0.25) is 15.1 Å². The number of hydrogen-bond acceptors (Lipinski definition) is 2. The number of halogens is 3. The minimum atomic E-state index is 0.0918. The van der Waals surface area contributed by atoms with Gasteiger partial charge >= 0.3 is 0 Å². The molecule has 0 bridgehead atoms. The van der Waals surface area contributed by atoms with Gasteiger partial charge in [-0.2, -0.15) is 0 Å². The number of nitrogens with zero attached hydrogens (tertiary/aromatic N) is 1. The summed E-state index contributed by atoms with van der Waals surface area (Å²) in [6.07, 6.45) is 0. The molecule has 5 heteroatoms. The molecule has 1 aromatic carbocycles. The highest BCUT2D eigenvalue weighted by molar-refractivity contribution is 6.49. The van der Waals surface area contributed by atoms with Crippen molar-refractivity contribution in [1.29, 1.82) is 0 Å². The van der Waals surface area contributed by atoms with Gasteiger partial charge in [0.25, 0.3) is 0 Å². The molecule has 0 radical (unpaired) electrons. The Kier molecular flexibility index (Phi) is 2.71. The molecule has 2 nitrogen and oxygen atoms in total. The first-order valence-electron chi connectivity index (χ1n) is 2.63. The average Bonchev–Trinajstić information content (AvgIpc) is 2.01. The Balaban J connectivity index is 3.36. The maximum Gasteiger partial charge on any atom is 0.128 e. The van der Waals surface area contributed by atoms with E-state index in [0.29, 0.717) is 5.02 Å². The summed E-state index contributed by atoms with van der Waals surface area (Å²) in [5.74, 6) is 0. The fourth-order valence-corrected chi connectivity index (χ4v) is 1.15. The van der Waals surface area contributed by atoms with E-state index in [1.54, 1.807) is 0 Å². The molecule has 0 N–H and O–H groups in total. The number of hydrogen-bond donors (Lipinski definition) is 0. The summed E-state index contributed by atoms with van der Waals surface area (Å²) in [5, 5.41) is 3.21. The van der Waals surface area contributed by atoms with Gasteiger partial charge in [0.05, 0.1) is 15.1 Å². The van der Waals surface area contributed by atoms with Crippen molar-refractivity contribution in [3.63, 3.8) is 0 Å². The van der Waals surface area contributed by atoms with Crippen molar-refractivity contribution in [3.05, 3.63) is 32.1 Å². The topological polar surface area (TPSA) is 29.4 Å². The maximum absolute atomic E-state index is 10.1. The molecule has 0 heterocycles. The van der Waals surface area contributed by atoms with E-state index in [4.69, 9.17) is 34.8 Å². The molecule has 0 aliphatic rings. The third kappa shape index (κ3) is 1.64. The molecular weight excluding hydrogens is 208 g/mol. The standard InChI is InChI=1S/C6H2Cl3NO/c7-3-1-2-4(10-11)6(9)5(3)8/h1-2H. The highest BCUT2D eigenvalue weighted by atomic mass is 35.5. The van der Waals surface area contributed by atoms with E-state index in [0.717, 1.165) is 0 Å². The van der Waals surface area contributed by atoms with Crippen molar-refractivity contribution < 1.29 is 0 Å². The molecule has 0 fully saturated rings. The maximum atomic E-state index is 10.1. The molecule has 0 spiro atoms. The highest BCUT2D eigenvalue weighted by Crippen LogP contribution is 2.36. The van der Waals surface area contributed by atoms with Gasteiger partial charge < -0.3 is 0 Å². The Morgan fingerprint density at radius 3 is 2.27 bits per heavy atom. The normalized spacial score (nSPS) is 9.73. The van der Waals surface area contributed by atoms with E-state index in [1.165, 1.54) is 12.1 Å². The molecule has 0 saturated carbocycles. The summed E-state index contributed by atoms with van der Waals surface area (Å²) in [5.41, 5.74) is 0.0982. The predicted molar refractivity (Wildman–Crippen MR) is 46.9 cm³/mol. The highest BCUT2D eigenvalue weighted by Gasteiger charge is 2.07. The van der Waals surface area contributed by atoms with Gasteiger partial charge in [-0.3, -0.25) is 0 Å². The first kappa shape index (κ1) is 8.78. The monoisotopic (exact) mass is 209 g/mol. The van der Waals surface area contributed by atoms with Gasteiger partial charge in [-0.25, -0.2) is 0 Å². The molecule has 1 rings (SSSR count). The van der Waals surface area contributed by atoms with Crippen LogP contribution < -0.4 is 0 Å². The Morgan fingerprint density at radius 1 is 1.09 bits per heavy atom. The third-order valence-electron chi connectivity index (χ3n) is 1.11. The molecule has 0 atom stereocenters. The van der Waals surface area contributed by atoms with Crippen LogP contribution in [0.1, 0.15) is 0 Å². The molecular formula is C6H2Cl3NO. The van der Waals surface area contributed by atoms with Crippen LogP contribution in [0.25, 0.3) is 0 Å². The average molecular weight is 210 g/mol. The van der Waals surface area contributed by atoms with Crippen LogP contribution in [0.3, 0.4) is 0 Å². The van der Waals surface area contributed by atoms with Crippen molar-refractivity contribution in [2.75, 3.05) is 0 Å². The van der Waals surface area contributed by atoms with Crippen LogP contribution in [0.4, 0.5) is 5.69 Å². The summed E-state index contributed by atoms with van der Waals surface area (Å²) < 4.78 is 0. The lowest BCUT2D eigenvalue weighted by atomic mass is 10.3. The van der Waals surface area contributed by atoms with Gasteiger partial charge in [-0.1, -0.05) is 34.8 Å². The van der Waals surface area contributed by atoms with Gasteiger partial charge in [0.15, 0.2) is 0 Å². The third-order valence-corrected chi connectivity index (χ3v) is 2.40. The summed E-state index contributed by atoms with van der Waals surface area (Å²) in [7, 11) is 0. The van der Waals surface area contributed by atoms with Crippen LogP contribution in [0, 0.1) is 4.91 Å². The molecule has 0 aromatic heterocycles. The second kappa shape index (κ2) is 3.39. The van der Waals surface area contributed by atoms with E-state index in [1.807, 2.05) is 0 Å². The molecule has 0 aliphatic carbocycles. The summed E-state index contributed by atoms with van der Waals surface area (Å²) >= 11 is 16.8. The van der Waals surface area contributed by atoms with Crippen molar-refractivity contribution in [2.24, 2.45) is 5.18 Å². The fraction of sp³-hybridized carbons (Fsp3) is 0. The zero-order chi connectivity index (χ0) is 8.43. The number of nitroso groups, excluding NO2 is 1. The van der Waals surface area contributed by atoms with Crippen molar-refractivity contribution in [3.8, 4) is 0 Å². The van der Waals surface area contributed by atoms with Crippen molar-refractivity contribution >= 4 is 40.5 Å². The molecule has 11 heavy (non-hydrogen) atoms. The van der Waals surface area contributed by atoms with E-state index >= 15 is 0 Å². The lowest BCUT2D eigenvalue weighted by Crippen LogP contribution is -1.71. The zero-order valence-electron chi connectivity index (χ0n) is 5.14. The minimum absolute atomic E-state index is 0.0918. The Bertz CT molecular complexity index is 300. The number of benzene rings is 1. The van der Waals surface area contributed by atoms with Crippen LogP contribution >= 0.6 is 34.8 Å². The van der Waals surface area contributed by atoms with Crippen molar-refractivity contribution in [1.82, 2.24) is 0 Å². The van der Waals surface area contributed by atoms with Crippen LogP contribution in [0.15, 0.2) is 17.3 Å². The van der Waals surface area contributed by atoms with E-state index in [9.17, 15) is 4.91 Å². The first-order valence-corrected chi connectivity index (χ1v) is 3.77. The Labute approximate surface area is 78.0 Å². The lowest BCUT2D eigenvalue weighted by molar-refractivity contribution is 1.50. The SMILES string of the molecule is O=Nc1ccc(Cl)c(Cl)c1Cl. The smallest absolute Gasteiger partial charge is 0.128 e. The van der Waals surface area contributed by atoms with Gasteiger partial charge in [-0.15, -0.1) is 4.91 Å². The number of rotatable bonds is 1. The van der Waals surface area contributed by atoms with Crippen LogP contribution in [-0.4, -0.2) is 0 Å². The largest absolute Gasteiger partial charge is 0.145 e. The van der Waals surface area contributed by atoms with Crippen LogP contribution in [0.5, 0.6) is 0 Å². The summed E-state index contributed by atoms with van der Waals surface area (Å²) in [6.45, 7) is 0. The first-order chi connectivity index (χ1) is 5.16. The summed E-state index contributed by atoms with van der Waals surface area (Å²) in [4.78, 5) is 10.1. The molecule has 0 aliphatic heterocycles. The minimum Gasteiger partial charge on any atom is -0.145 e. The van der Waals surface area contributed by atoms with Gasteiger partial charge in [0, 0.05) is 0 Å². The molecule has 1 aromatic rings. The zero-order valence-corrected chi connectivity index (χ0v) is 7.41. The molecule has 0 amide bonds. The lowest BCUT2D eigenvalue weighted by Gasteiger charge is -1.98.